The molecule has 2 aromatic carbocycles. The molecule has 16 heteroatoms. The second-order valence-electron chi connectivity index (χ2n) is 14.0. The molecule has 0 radical (unpaired) electrons. The number of amides is 3. The third kappa shape index (κ3) is 17.2. The summed E-state index contributed by atoms with van der Waals surface area (Å²) in [6.45, 7) is 9.24. The quantitative estimate of drug-likeness (QED) is 0.0540. The number of hydrogen-bond acceptors (Lipinski definition) is 10. The van der Waals surface area contributed by atoms with Gasteiger partial charge in [0.05, 0.1) is 18.5 Å². The number of nitrogens with zero attached hydrogens (tertiary/aromatic N) is 1. The largest absolute Gasteiger partial charge is 0.497 e. The van der Waals surface area contributed by atoms with Crippen molar-refractivity contribution < 1.29 is 43.8 Å². The first-order chi connectivity index (χ1) is 24.8. The van der Waals surface area contributed by atoms with E-state index in [0.29, 0.717) is 22.7 Å². The van der Waals surface area contributed by atoms with Gasteiger partial charge >= 0.3 is 11.9 Å². The van der Waals surface area contributed by atoms with Crippen LogP contribution in [0.1, 0.15) is 65.9 Å². The number of rotatable bonds is 21. The Bertz CT molecular complexity index is 1630. The number of methoxy groups -OCH3 is 1. The molecule has 53 heavy (non-hydrogen) atoms. The predicted molar refractivity (Wildman–Crippen MR) is 198 cm³/mol. The zero-order valence-electron chi connectivity index (χ0n) is 30.8. The highest BCUT2D eigenvalue weighted by molar-refractivity contribution is 5.91. The van der Waals surface area contributed by atoms with Crippen molar-refractivity contribution >= 4 is 41.0 Å². The highest BCUT2D eigenvalue weighted by atomic mass is 16.6. The average molecular weight is 739 g/mol. The van der Waals surface area contributed by atoms with E-state index in [1.807, 2.05) is 34.6 Å². The molecule has 0 aliphatic carbocycles. The number of carboxylic acids is 2. The summed E-state index contributed by atoms with van der Waals surface area (Å²) in [5.41, 5.74) is 1.32. The van der Waals surface area contributed by atoms with Crippen molar-refractivity contribution in [1.29, 1.82) is 0 Å². The van der Waals surface area contributed by atoms with Crippen LogP contribution in [0.2, 0.25) is 0 Å². The molecule has 0 bridgehead atoms. The Morgan fingerprint density at radius 3 is 1.74 bits per heavy atom. The molecule has 0 heterocycles. The summed E-state index contributed by atoms with van der Waals surface area (Å²) in [5.74, 6) is -3.48. The summed E-state index contributed by atoms with van der Waals surface area (Å²) in [4.78, 5) is 72.7. The first-order valence-corrected chi connectivity index (χ1v) is 17.0. The highest BCUT2D eigenvalue weighted by Crippen LogP contribution is 2.20. The first-order valence-electron chi connectivity index (χ1n) is 17.0. The first kappa shape index (κ1) is 43.2. The lowest BCUT2D eigenvalue weighted by atomic mass is 9.92. The number of carbonyl (C=O) groups is 5. The van der Waals surface area contributed by atoms with Crippen molar-refractivity contribution in [1.82, 2.24) is 16.0 Å². The molecule has 2 rings (SSSR count). The van der Waals surface area contributed by atoms with E-state index in [9.17, 15) is 44.3 Å². The third-order valence-corrected chi connectivity index (χ3v) is 7.41. The second-order valence-corrected chi connectivity index (χ2v) is 14.0. The summed E-state index contributed by atoms with van der Waals surface area (Å²) in [5, 5.41) is 44.0. The summed E-state index contributed by atoms with van der Waals surface area (Å²) < 4.78 is 5.13. The lowest BCUT2D eigenvalue weighted by Gasteiger charge is -2.22. The van der Waals surface area contributed by atoms with Crippen molar-refractivity contribution in [2.75, 3.05) is 17.7 Å². The molecule has 0 aliphatic rings. The van der Waals surface area contributed by atoms with Gasteiger partial charge in [0.15, 0.2) is 5.82 Å². The van der Waals surface area contributed by atoms with Gasteiger partial charge in [0.2, 0.25) is 17.7 Å². The van der Waals surface area contributed by atoms with Gasteiger partial charge < -0.3 is 41.5 Å². The van der Waals surface area contributed by atoms with E-state index in [1.165, 1.54) is 19.3 Å². The van der Waals surface area contributed by atoms with E-state index in [4.69, 9.17) is 4.74 Å². The number of nitrogens with one attached hydrogen (secondary N) is 5. The Labute approximate surface area is 308 Å². The minimum Gasteiger partial charge on any atom is -0.497 e. The Morgan fingerprint density at radius 2 is 1.28 bits per heavy atom. The van der Waals surface area contributed by atoms with E-state index in [-0.39, 0.29) is 49.3 Å². The molecule has 0 aliphatic heterocycles. The van der Waals surface area contributed by atoms with E-state index in [1.54, 1.807) is 48.5 Å². The van der Waals surface area contributed by atoms with E-state index in [0.717, 1.165) is 6.20 Å². The average Bonchev–Trinajstić information content (AvgIpc) is 3.04. The maximum atomic E-state index is 13.2. The van der Waals surface area contributed by atoms with Crippen molar-refractivity contribution in [3.63, 3.8) is 0 Å². The lowest BCUT2D eigenvalue weighted by Crippen LogP contribution is -2.52. The molecule has 16 nitrogen and oxygen atoms in total. The van der Waals surface area contributed by atoms with Gasteiger partial charge in [-0.3, -0.25) is 24.5 Å². The maximum Gasteiger partial charge on any atom is 0.326 e. The zero-order chi connectivity index (χ0) is 39.7. The van der Waals surface area contributed by atoms with E-state index >= 15 is 0 Å². The Hall–Kier alpha value is -5.93. The fourth-order valence-electron chi connectivity index (χ4n) is 4.93. The maximum absolute atomic E-state index is 13.2. The summed E-state index contributed by atoms with van der Waals surface area (Å²) in [7, 11) is 1.53. The number of anilines is 2. The topological polar surface area (TPSA) is 238 Å². The van der Waals surface area contributed by atoms with Crippen LogP contribution < -0.4 is 31.3 Å². The van der Waals surface area contributed by atoms with Gasteiger partial charge in [-0.2, -0.15) is 0 Å². The molecule has 0 saturated heterocycles. The van der Waals surface area contributed by atoms with Crippen LogP contribution >= 0.6 is 0 Å². The highest BCUT2D eigenvalue weighted by Gasteiger charge is 2.27. The normalized spacial score (nSPS) is 13.4. The third-order valence-electron chi connectivity index (χ3n) is 7.41. The van der Waals surface area contributed by atoms with Gasteiger partial charge in [-0.25, -0.2) is 9.59 Å². The Kier molecular flexibility index (Phi) is 17.0. The van der Waals surface area contributed by atoms with Gasteiger partial charge in [-0.15, -0.1) is 0 Å². The van der Waals surface area contributed by atoms with Crippen LogP contribution in [0, 0.1) is 21.4 Å². The zero-order valence-corrected chi connectivity index (χ0v) is 30.8. The van der Waals surface area contributed by atoms with E-state index in [2.05, 4.69) is 26.6 Å². The van der Waals surface area contributed by atoms with Crippen LogP contribution in [0.5, 0.6) is 5.75 Å². The number of aliphatic carboxylic acids is 2. The van der Waals surface area contributed by atoms with Crippen LogP contribution in [0.4, 0.5) is 11.4 Å². The van der Waals surface area contributed by atoms with Gasteiger partial charge in [0.25, 0.3) is 6.20 Å². The molecule has 0 saturated carbocycles. The van der Waals surface area contributed by atoms with Crippen molar-refractivity contribution in [3.05, 3.63) is 88.4 Å². The number of benzene rings is 2. The summed E-state index contributed by atoms with van der Waals surface area (Å²) >= 11 is 0. The number of ether oxygens (including phenoxy) is 1. The van der Waals surface area contributed by atoms with Crippen LogP contribution in [-0.2, 0) is 30.4 Å². The van der Waals surface area contributed by atoms with Crippen LogP contribution in [0.15, 0.2) is 72.7 Å². The molecule has 2 aromatic rings. The molecule has 0 spiro atoms. The predicted octanol–water partition coefficient (Wildman–Crippen LogP) is 4.28. The molecule has 3 unspecified atom stereocenters. The number of carboxylic acid groups (broad SMARTS) is 2. The van der Waals surface area contributed by atoms with Gasteiger partial charge in [0.1, 0.15) is 23.9 Å². The van der Waals surface area contributed by atoms with Crippen molar-refractivity contribution in [2.24, 2.45) is 11.3 Å². The SMILES string of the molecule is COc1ccc(N/C(=C/[N+](=O)[O-])Nc2ccc(CC(=O)NC(CC(C)C)C(=O)NC(C/C=C/CC(NC(=O)CC(C)(C)C)C(=O)O)C(=O)O)cc2)cc1. The summed E-state index contributed by atoms with van der Waals surface area (Å²) in [6, 6.07) is 9.74. The molecule has 3 atom stereocenters. The second kappa shape index (κ2) is 20.8. The fourth-order valence-corrected chi connectivity index (χ4v) is 4.93. The number of carbonyl (C=O) groups excluding carboxylic acids is 3. The smallest absolute Gasteiger partial charge is 0.326 e. The van der Waals surface area contributed by atoms with Crippen LogP contribution in [0.25, 0.3) is 0 Å². The fraction of sp³-hybridized carbons (Fsp3) is 0.432. The van der Waals surface area contributed by atoms with Crippen molar-refractivity contribution in [3.8, 4) is 5.75 Å². The Morgan fingerprint density at radius 1 is 0.792 bits per heavy atom. The number of hydrogen-bond donors (Lipinski definition) is 7. The molecule has 0 aromatic heterocycles. The lowest BCUT2D eigenvalue weighted by molar-refractivity contribution is -0.403. The monoisotopic (exact) mass is 738 g/mol. The summed E-state index contributed by atoms with van der Waals surface area (Å²) in [6.07, 6.45) is 3.63. The van der Waals surface area contributed by atoms with Gasteiger partial charge in [-0.05, 0) is 72.6 Å². The Balaban J connectivity index is 2.02. The van der Waals surface area contributed by atoms with Crippen LogP contribution in [-0.4, -0.2) is 70.0 Å². The van der Waals surface area contributed by atoms with Gasteiger partial charge in [0, 0.05) is 17.8 Å². The minimum atomic E-state index is -1.36. The molecule has 288 valence electrons. The minimum absolute atomic E-state index is 0.0334. The number of nitro groups is 1. The van der Waals surface area contributed by atoms with Crippen molar-refractivity contribution in [2.45, 2.75) is 84.8 Å². The molecule has 0 fully saturated rings. The van der Waals surface area contributed by atoms with Crippen LogP contribution in [0.3, 0.4) is 0 Å². The standard InChI is InChI=1S/C37H50N6O10/c1-23(2)19-30(34(46)42-29(36(49)50)10-8-7-9-28(35(47)48)40-33(45)21-37(3,4)5)41-32(44)20-24-11-13-25(14-12-24)38-31(22-43(51)52)39-26-15-17-27(53-6)18-16-26/h7-8,11-18,22-23,28-30,38-39H,9-10,19-21H2,1-6H3,(H,40,45)(H,41,44)(H,42,46)(H,47,48)(H,49,50)/b8-7+,31-22+. The van der Waals surface area contributed by atoms with Gasteiger partial charge in [-0.1, -0.05) is 58.9 Å². The molecular weight excluding hydrogens is 688 g/mol. The molecule has 3 amide bonds. The molecular formula is C37H50N6O10. The molecule has 7 N–H and O–H groups in total. The van der Waals surface area contributed by atoms with E-state index < -0.39 is 52.7 Å².